The summed E-state index contributed by atoms with van der Waals surface area (Å²) in [4.78, 5) is 3.95. The van der Waals surface area contributed by atoms with Crippen LogP contribution in [0.3, 0.4) is 0 Å². The summed E-state index contributed by atoms with van der Waals surface area (Å²) in [7, 11) is 0. The van der Waals surface area contributed by atoms with Crippen LogP contribution in [-0.2, 0) is 6.18 Å². The Morgan fingerprint density at radius 2 is 1.89 bits per heavy atom. The summed E-state index contributed by atoms with van der Waals surface area (Å²) in [5.41, 5.74) is -0.367. The van der Waals surface area contributed by atoms with Crippen molar-refractivity contribution in [2.75, 3.05) is 0 Å². The Hall–Kier alpha value is -2.37. The van der Waals surface area contributed by atoms with E-state index in [1.54, 1.807) is 18.2 Å². The van der Waals surface area contributed by atoms with Crippen LogP contribution in [0.4, 0.5) is 13.2 Å². The van der Waals surface area contributed by atoms with E-state index < -0.39 is 11.7 Å². The molecule has 0 fully saturated rings. The lowest BCUT2D eigenvalue weighted by Crippen LogP contribution is -2.09. The summed E-state index contributed by atoms with van der Waals surface area (Å²) in [6, 6.07) is 9.42. The number of nitrogens with zero attached hydrogens (tertiary/aromatic N) is 2. The van der Waals surface area contributed by atoms with E-state index in [0.717, 1.165) is 12.1 Å². The molecule has 1 heterocycles. The van der Waals surface area contributed by atoms with E-state index in [4.69, 9.17) is 5.21 Å². The van der Waals surface area contributed by atoms with Crippen molar-refractivity contribution in [2.45, 2.75) is 6.18 Å². The monoisotopic (exact) mass is 266 g/mol. The summed E-state index contributed by atoms with van der Waals surface area (Å²) >= 11 is 0. The fourth-order valence-electron chi connectivity index (χ4n) is 1.60. The predicted octanol–water partition coefficient (Wildman–Crippen LogP) is 3.33. The van der Waals surface area contributed by atoms with Crippen LogP contribution in [0.5, 0.6) is 0 Å². The van der Waals surface area contributed by atoms with Crippen molar-refractivity contribution in [1.29, 1.82) is 0 Å². The first-order chi connectivity index (χ1) is 9.02. The molecule has 0 radical (unpaired) electrons. The minimum atomic E-state index is -4.44. The average molecular weight is 266 g/mol. The van der Waals surface area contributed by atoms with Crippen molar-refractivity contribution in [3.8, 4) is 0 Å². The van der Waals surface area contributed by atoms with Gasteiger partial charge in [0, 0.05) is 11.8 Å². The molecule has 1 aromatic carbocycles. The van der Waals surface area contributed by atoms with Crippen molar-refractivity contribution < 1.29 is 18.4 Å². The minimum Gasteiger partial charge on any atom is -0.410 e. The molecule has 2 aromatic rings. The molecule has 1 aromatic heterocycles. The first-order valence-electron chi connectivity index (χ1n) is 5.33. The zero-order valence-corrected chi connectivity index (χ0v) is 9.59. The molecule has 0 aliphatic heterocycles. The van der Waals surface area contributed by atoms with E-state index in [-0.39, 0.29) is 11.3 Å². The summed E-state index contributed by atoms with van der Waals surface area (Å²) in [5, 5.41) is 12.0. The summed E-state index contributed by atoms with van der Waals surface area (Å²) in [5.74, 6) is 0. The van der Waals surface area contributed by atoms with Gasteiger partial charge in [-0.25, -0.2) is 0 Å². The number of hydrogen-bond donors (Lipinski definition) is 1. The Labute approximate surface area is 107 Å². The van der Waals surface area contributed by atoms with Gasteiger partial charge in [-0.15, -0.1) is 0 Å². The lowest BCUT2D eigenvalue weighted by molar-refractivity contribution is -0.137. The third kappa shape index (κ3) is 2.90. The van der Waals surface area contributed by atoms with Crippen LogP contribution in [0.2, 0.25) is 0 Å². The van der Waals surface area contributed by atoms with Crippen LogP contribution in [0.1, 0.15) is 16.8 Å². The lowest BCUT2D eigenvalue weighted by atomic mass is 10.0. The molecule has 0 saturated heterocycles. The first-order valence-corrected chi connectivity index (χ1v) is 5.33. The number of benzene rings is 1. The Kier molecular flexibility index (Phi) is 3.50. The maximum atomic E-state index is 12.6. The molecule has 0 bridgehead atoms. The SMILES string of the molecule is O/N=C(/c1cccc(C(F)(F)F)c1)c1ccccn1. The second-order valence-electron chi connectivity index (χ2n) is 3.74. The number of hydrogen-bond acceptors (Lipinski definition) is 3. The third-order valence-corrected chi connectivity index (χ3v) is 2.47. The second-order valence-corrected chi connectivity index (χ2v) is 3.74. The highest BCUT2D eigenvalue weighted by atomic mass is 19.4. The number of halogens is 3. The molecule has 98 valence electrons. The van der Waals surface area contributed by atoms with E-state index in [1.165, 1.54) is 18.3 Å². The highest BCUT2D eigenvalue weighted by Gasteiger charge is 2.30. The molecule has 0 aliphatic carbocycles. The van der Waals surface area contributed by atoms with E-state index in [9.17, 15) is 13.2 Å². The number of aromatic nitrogens is 1. The minimum absolute atomic E-state index is 0.00769. The maximum absolute atomic E-state index is 12.6. The first kappa shape index (κ1) is 13.1. The van der Waals surface area contributed by atoms with E-state index in [0.29, 0.717) is 5.69 Å². The van der Waals surface area contributed by atoms with Gasteiger partial charge >= 0.3 is 6.18 Å². The van der Waals surface area contributed by atoms with Gasteiger partial charge in [-0.1, -0.05) is 23.4 Å². The normalized spacial score (nSPS) is 12.5. The Balaban J connectivity index is 2.47. The van der Waals surface area contributed by atoms with Gasteiger partial charge < -0.3 is 5.21 Å². The highest BCUT2D eigenvalue weighted by molar-refractivity contribution is 6.11. The lowest BCUT2D eigenvalue weighted by Gasteiger charge is -2.09. The van der Waals surface area contributed by atoms with E-state index in [1.807, 2.05) is 0 Å². The Morgan fingerprint density at radius 3 is 2.47 bits per heavy atom. The molecule has 0 unspecified atom stereocenters. The van der Waals surface area contributed by atoms with Gasteiger partial charge in [-0.2, -0.15) is 13.2 Å². The fourth-order valence-corrected chi connectivity index (χ4v) is 1.60. The van der Waals surface area contributed by atoms with Crippen LogP contribution < -0.4 is 0 Å². The van der Waals surface area contributed by atoms with Gasteiger partial charge in [0.1, 0.15) is 5.71 Å². The van der Waals surface area contributed by atoms with Gasteiger partial charge in [-0.3, -0.25) is 4.98 Å². The largest absolute Gasteiger partial charge is 0.416 e. The molecule has 0 spiro atoms. The molecule has 3 nitrogen and oxygen atoms in total. The zero-order chi connectivity index (χ0) is 13.9. The van der Waals surface area contributed by atoms with Crippen molar-refractivity contribution in [2.24, 2.45) is 5.16 Å². The number of oxime groups is 1. The fraction of sp³-hybridized carbons (Fsp3) is 0.0769. The molecule has 0 atom stereocenters. The molecule has 1 N–H and O–H groups in total. The standard InChI is InChI=1S/C13H9F3N2O/c14-13(15,16)10-5-3-4-9(8-10)12(18-19)11-6-1-2-7-17-11/h1-8,19H/b18-12-. The van der Waals surface area contributed by atoms with E-state index in [2.05, 4.69) is 10.1 Å². The van der Waals surface area contributed by atoms with E-state index >= 15 is 0 Å². The molecular weight excluding hydrogens is 257 g/mol. The smallest absolute Gasteiger partial charge is 0.410 e. The van der Waals surface area contributed by atoms with Gasteiger partial charge in [0.15, 0.2) is 0 Å². The van der Waals surface area contributed by atoms with Gasteiger partial charge in [-0.05, 0) is 24.3 Å². The van der Waals surface area contributed by atoms with Gasteiger partial charge in [0.05, 0.1) is 11.3 Å². The summed E-state index contributed by atoms with van der Waals surface area (Å²) in [6.45, 7) is 0. The number of pyridine rings is 1. The zero-order valence-electron chi connectivity index (χ0n) is 9.59. The summed E-state index contributed by atoms with van der Waals surface area (Å²) in [6.07, 6.45) is -2.98. The van der Waals surface area contributed by atoms with Crippen LogP contribution in [0.25, 0.3) is 0 Å². The van der Waals surface area contributed by atoms with Crippen molar-refractivity contribution in [3.05, 3.63) is 65.5 Å². The maximum Gasteiger partial charge on any atom is 0.416 e. The number of alkyl halides is 3. The molecule has 6 heteroatoms. The van der Waals surface area contributed by atoms with Crippen molar-refractivity contribution in [3.63, 3.8) is 0 Å². The van der Waals surface area contributed by atoms with Crippen molar-refractivity contribution in [1.82, 2.24) is 4.98 Å². The Morgan fingerprint density at radius 1 is 1.11 bits per heavy atom. The Bertz CT molecular complexity index is 594. The molecule has 2 rings (SSSR count). The highest BCUT2D eigenvalue weighted by Crippen LogP contribution is 2.29. The molecule has 0 amide bonds. The van der Waals surface area contributed by atoms with Crippen molar-refractivity contribution >= 4 is 5.71 Å². The molecular formula is C13H9F3N2O. The third-order valence-electron chi connectivity index (χ3n) is 2.47. The topological polar surface area (TPSA) is 45.5 Å². The summed E-state index contributed by atoms with van der Waals surface area (Å²) < 4.78 is 37.9. The molecule has 0 saturated carbocycles. The average Bonchev–Trinajstić information content (AvgIpc) is 2.40. The molecule has 0 aliphatic rings. The van der Waals surface area contributed by atoms with Crippen LogP contribution in [0, 0.1) is 0 Å². The van der Waals surface area contributed by atoms with Crippen LogP contribution >= 0.6 is 0 Å². The van der Waals surface area contributed by atoms with Gasteiger partial charge in [0.2, 0.25) is 0 Å². The molecule has 19 heavy (non-hydrogen) atoms. The quantitative estimate of drug-likeness (QED) is 0.515. The predicted molar refractivity (Wildman–Crippen MR) is 63.1 cm³/mol. The second kappa shape index (κ2) is 5.09. The van der Waals surface area contributed by atoms with Crippen LogP contribution in [-0.4, -0.2) is 15.9 Å². The van der Waals surface area contributed by atoms with Gasteiger partial charge in [0.25, 0.3) is 0 Å². The van der Waals surface area contributed by atoms with Crippen LogP contribution in [0.15, 0.2) is 53.8 Å². The number of rotatable bonds is 2.